The van der Waals surface area contributed by atoms with Crippen molar-refractivity contribution < 1.29 is 13.9 Å². The number of amides is 1. The van der Waals surface area contributed by atoms with Crippen LogP contribution in [0.3, 0.4) is 0 Å². The molecule has 1 unspecified atom stereocenters. The fourth-order valence-electron chi connectivity index (χ4n) is 3.74. The molecular weight excluding hydrogens is 360 g/mol. The molecule has 1 saturated heterocycles. The van der Waals surface area contributed by atoms with Gasteiger partial charge in [0.2, 0.25) is 0 Å². The molecule has 1 aliphatic rings. The van der Waals surface area contributed by atoms with E-state index >= 15 is 0 Å². The third kappa shape index (κ3) is 2.68. The van der Waals surface area contributed by atoms with Gasteiger partial charge in [0.15, 0.2) is 17.1 Å². The van der Waals surface area contributed by atoms with Crippen LogP contribution in [-0.4, -0.2) is 29.4 Å². The van der Waals surface area contributed by atoms with Gasteiger partial charge in [-0.15, -0.1) is 11.3 Å². The number of carbonyl (C=O) groups excluding carboxylic acids is 1. The highest BCUT2D eigenvalue weighted by molar-refractivity contribution is 7.18. The number of fused-ring (bicyclic) bond motifs is 2. The zero-order valence-corrected chi connectivity index (χ0v) is 15.7. The van der Waals surface area contributed by atoms with Crippen molar-refractivity contribution in [2.75, 3.05) is 13.7 Å². The second-order valence-electron chi connectivity index (χ2n) is 6.67. The molecule has 3 heterocycles. The maximum atomic E-state index is 13.2. The Balaban J connectivity index is 1.50. The molecule has 0 bridgehead atoms. The largest absolute Gasteiger partial charge is 0.493 e. The SMILES string of the molecule is COc1cccc2cc(C(=O)N3CCCC3c3nc4ccccc4s3)oc12. The van der Waals surface area contributed by atoms with Crippen LogP contribution in [0.2, 0.25) is 0 Å². The summed E-state index contributed by atoms with van der Waals surface area (Å²) in [6.07, 6.45) is 1.89. The van der Waals surface area contributed by atoms with Crippen LogP contribution in [0.15, 0.2) is 52.9 Å². The van der Waals surface area contributed by atoms with Gasteiger partial charge in [0.05, 0.1) is 23.4 Å². The number of aromatic nitrogens is 1. The first kappa shape index (κ1) is 16.3. The summed E-state index contributed by atoms with van der Waals surface area (Å²) in [5.74, 6) is 0.896. The molecule has 0 N–H and O–H groups in total. The Morgan fingerprint density at radius 3 is 3.00 bits per heavy atom. The number of thiazole rings is 1. The topological polar surface area (TPSA) is 55.6 Å². The van der Waals surface area contributed by atoms with Gasteiger partial charge in [-0.2, -0.15) is 0 Å². The molecule has 1 amide bonds. The van der Waals surface area contributed by atoms with E-state index in [9.17, 15) is 4.79 Å². The second kappa shape index (κ2) is 6.39. The number of benzene rings is 2. The summed E-state index contributed by atoms with van der Waals surface area (Å²) in [5, 5.41) is 1.86. The van der Waals surface area contributed by atoms with E-state index in [2.05, 4.69) is 6.07 Å². The first-order valence-corrected chi connectivity index (χ1v) is 9.79. The van der Waals surface area contributed by atoms with Crippen LogP contribution in [0.25, 0.3) is 21.2 Å². The van der Waals surface area contributed by atoms with E-state index < -0.39 is 0 Å². The highest BCUT2D eigenvalue weighted by atomic mass is 32.1. The van der Waals surface area contributed by atoms with Crippen LogP contribution in [0.4, 0.5) is 0 Å². The maximum Gasteiger partial charge on any atom is 0.290 e. The van der Waals surface area contributed by atoms with Gasteiger partial charge in [0.25, 0.3) is 5.91 Å². The number of ether oxygens (including phenoxy) is 1. The van der Waals surface area contributed by atoms with Gasteiger partial charge in [-0.1, -0.05) is 24.3 Å². The van der Waals surface area contributed by atoms with Crippen molar-refractivity contribution in [2.45, 2.75) is 18.9 Å². The first-order valence-electron chi connectivity index (χ1n) is 8.97. The van der Waals surface area contributed by atoms with Crippen molar-refractivity contribution in [3.05, 3.63) is 59.3 Å². The lowest BCUT2D eigenvalue weighted by molar-refractivity contribution is 0.0705. The summed E-state index contributed by atoms with van der Waals surface area (Å²) in [7, 11) is 1.60. The minimum Gasteiger partial charge on any atom is -0.493 e. The molecule has 5 rings (SSSR count). The molecule has 0 spiro atoms. The van der Waals surface area contributed by atoms with Crippen molar-refractivity contribution in [3.8, 4) is 5.75 Å². The van der Waals surface area contributed by atoms with Crippen molar-refractivity contribution in [3.63, 3.8) is 0 Å². The van der Waals surface area contributed by atoms with E-state index in [0.29, 0.717) is 23.6 Å². The highest BCUT2D eigenvalue weighted by Gasteiger charge is 2.34. The molecule has 1 aliphatic heterocycles. The molecule has 0 aliphatic carbocycles. The van der Waals surface area contributed by atoms with Gasteiger partial charge in [0, 0.05) is 11.9 Å². The Morgan fingerprint density at radius 2 is 2.15 bits per heavy atom. The van der Waals surface area contributed by atoms with Gasteiger partial charge in [-0.3, -0.25) is 4.79 Å². The summed E-state index contributed by atoms with van der Waals surface area (Å²) in [4.78, 5) is 19.8. The minimum absolute atomic E-state index is 0.00464. The average molecular weight is 378 g/mol. The van der Waals surface area contributed by atoms with Gasteiger partial charge < -0.3 is 14.1 Å². The standard InChI is InChI=1S/C21H18N2O3S/c1-25-16-9-4-6-13-12-17(26-19(13)16)21(24)23-11-5-8-15(23)20-22-14-7-2-3-10-18(14)27-20/h2-4,6-7,9-10,12,15H,5,8,11H2,1H3. The molecule has 6 heteroatoms. The molecule has 1 fully saturated rings. The van der Waals surface area contributed by atoms with E-state index in [0.717, 1.165) is 33.5 Å². The number of likely N-dealkylation sites (tertiary alicyclic amines) is 1. The Morgan fingerprint density at radius 1 is 1.26 bits per heavy atom. The molecule has 27 heavy (non-hydrogen) atoms. The summed E-state index contributed by atoms with van der Waals surface area (Å²) >= 11 is 1.67. The number of hydrogen-bond acceptors (Lipinski definition) is 5. The lowest BCUT2D eigenvalue weighted by atomic mass is 10.2. The van der Waals surface area contributed by atoms with Crippen LogP contribution >= 0.6 is 11.3 Å². The second-order valence-corrected chi connectivity index (χ2v) is 7.73. The summed E-state index contributed by atoms with van der Waals surface area (Å²) < 4.78 is 12.4. The Hall–Kier alpha value is -2.86. The third-order valence-corrected chi connectivity index (χ3v) is 6.19. The molecule has 136 valence electrons. The van der Waals surface area contributed by atoms with Crippen molar-refractivity contribution in [1.82, 2.24) is 9.88 Å². The van der Waals surface area contributed by atoms with Crippen LogP contribution in [-0.2, 0) is 0 Å². The third-order valence-electron chi connectivity index (χ3n) is 5.05. The zero-order chi connectivity index (χ0) is 18.4. The smallest absolute Gasteiger partial charge is 0.290 e. The maximum absolute atomic E-state index is 13.2. The van der Waals surface area contributed by atoms with Crippen LogP contribution in [0, 0.1) is 0 Å². The quantitative estimate of drug-likeness (QED) is 0.502. The Kier molecular flexibility index (Phi) is 3.86. The van der Waals surface area contributed by atoms with Crippen molar-refractivity contribution >= 4 is 38.4 Å². The van der Waals surface area contributed by atoms with E-state index in [1.54, 1.807) is 24.5 Å². The van der Waals surface area contributed by atoms with E-state index in [-0.39, 0.29) is 11.9 Å². The lowest BCUT2D eigenvalue weighted by Gasteiger charge is -2.21. The van der Waals surface area contributed by atoms with Gasteiger partial charge in [-0.05, 0) is 37.1 Å². The molecule has 0 saturated carbocycles. The number of carbonyl (C=O) groups is 1. The van der Waals surface area contributed by atoms with Gasteiger partial charge >= 0.3 is 0 Å². The number of hydrogen-bond donors (Lipinski definition) is 0. The molecule has 2 aromatic carbocycles. The van der Waals surface area contributed by atoms with Crippen molar-refractivity contribution in [1.29, 1.82) is 0 Å². The zero-order valence-electron chi connectivity index (χ0n) is 14.8. The van der Waals surface area contributed by atoms with E-state index in [1.807, 2.05) is 41.3 Å². The molecule has 5 nitrogen and oxygen atoms in total. The Labute approximate surface area is 160 Å². The molecule has 2 aromatic heterocycles. The molecule has 1 atom stereocenters. The van der Waals surface area contributed by atoms with E-state index in [4.69, 9.17) is 14.1 Å². The number of nitrogens with zero attached hydrogens (tertiary/aromatic N) is 2. The number of rotatable bonds is 3. The number of furan rings is 1. The summed E-state index contributed by atoms with van der Waals surface area (Å²) in [5.41, 5.74) is 1.60. The number of methoxy groups -OCH3 is 1. The fourth-order valence-corrected chi connectivity index (χ4v) is 4.86. The normalized spacial score (nSPS) is 17.1. The van der Waals surface area contributed by atoms with Gasteiger partial charge in [-0.25, -0.2) is 4.98 Å². The molecule has 4 aromatic rings. The average Bonchev–Trinajstić information content (AvgIpc) is 3.43. The highest BCUT2D eigenvalue weighted by Crippen LogP contribution is 2.38. The lowest BCUT2D eigenvalue weighted by Crippen LogP contribution is -2.30. The predicted molar refractivity (Wildman–Crippen MR) is 105 cm³/mol. The summed E-state index contributed by atoms with van der Waals surface area (Å²) in [6.45, 7) is 0.716. The van der Waals surface area contributed by atoms with Crippen molar-refractivity contribution in [2.24, 2.45) is 0 Å². The molecule has 0 radical (unpaired) electrons. The van der Waals surface area contributed by atoms with Crippen LogP contribution < -0.4 is 4.74 Å². The van der Waals surface area contributed by atoms with Crippen LogP contribution in [0.5, 0.6) is 5.75 Å². The predicted octanol–water partition coefficient (Wildman–Crippen LogP) is 5.03. The summed E-state index contributed by atoms with van der Waals surface area (Å²) in [6, 6.07) is 15.6. The number of para-hydroxylation sites is 2. The first-order chi connectivity index (χ1) is 13.2. The minimum atomic E-state index is -0.0880. The van der Waals surface area contributed by atoms with Crippen LogP contribution in [0.1, 0.15) is 34.4 Å². The van der Waals surface area contributed by atoms with E-state index in [1.165, 1.54) is 0 Å². The monoisotopic (exact) mass is 378 g/mol. The fraction of sp³-hybridized carbons (Fsp3) is 0.238. The van der Waals surface area contributed by atoms with Gasteiger partial charge in [0.1, 0.15) is 5.01 Å². The Bertz CT molecular complexity index is 1110. The molecular formula is C21H18N2O3S.